The Morgan fingerprint density at radius 3 is 2.75 bits per heavy atom. The molecule has 3 atom stereocenters. The second kappa shape index (κ2) is 13.1. The standard InChI is InChI=1S/C33H38N4O7/c1-22(9-7-13-29(39)35-18-8-11-25(35)21-38)33(43)27-19-24(37-31(41)26-12-4-3-10-23(26)20-34-37)15-16-28(27)36(32(33)42)17-6-5-14-30(40)44-2/h3-4,7,9-10,12,15-16,19-20,22,25,38,43H,5-6,8,11,13-14,17-18,21H2,1-2H3/b9-7+/t22-,25+,33+/m1/s1. The predicted molar refractivity (Wildman–Crippen MR) is 164 cm³/mol. The molecule has 1 aromatic heterocycles. The Labute approximate surface area is 255 Å². The van der Waals surface area contributed by atoms with Crippen LogP contribution >= 0.6 is 0 Å². The number of methoxy groups -OCH3 is 1. The average molecular weight is 603 g/mol. The summed E-state index contributed by atoms with van der Waals surface area (Å²) >= 11 is 0. The van der Waals surface area contributed by atoms with E-state index >= 15 is 0 Å². The second-order valence-electron chi connectivity index (χ2n) is 11.4. The number of fused-ring (bicyclic) bond motifs is 2. The molecule has 3 heterocycles. The van der Waals surface area contributed by atoms with Gasteiger partial charge in [-0.3, -0.25) is 19.2 Å². The van der Waals surface area contributed by atoms with E-state index in [4.69, 9.17) is 4.74 Å². The lowest BCUT2D eigenvalue weighted by Crippen LogP contribution is -2.44. The van der Waals surface area contributed by atoms with Gasteiger partial charge in [0.2, 0.25) is 5.91 Å². The maximum atomic E-state index is 14.0. The van der Waals surface area contributed by atoms with Crippen LogP contribution in [0.5, 0.6) is 0 Å². The first-order chi connectivity index (χ1) is 21.2. The van der Waals surface area contributed by atoms with Crippen molar-refractivity contribution in [1.82, 2.24) is 14.7 Å². The van der Waals surface area contributed by atoms with E-state index in [1.54, 1.807) is 66.6 Å². The van der Waals surface area contributed by atoms with Crippen molar-refractivity contribution in [2.45, 2.75) is 57.1 Å². The van der Waals surface area contributed by atoms with Crippen molar-refractivity contribution in [1.29, 1.82) is 0 Å². The summed E-state index contributed by atoms with van der Waals surface area (Å²) in [4.78, 5) is 54.9. The normalized spacial score (nSPS) is 20.5. The number of esters is 1. The highest BCUT2D eigenvalue weighted by Gasteiger charge is 2.52. The summed E-state index contributed by atoms with van der Waals surface area (Å²) in [5, 5.41) is 27.3. The lowest BCUT2D eigenvalue weighted by Gasteiger charge is -2.28. The highest BCUT2D eigenvalue weighted by molar-refractivity contribution is 6.07. The summed E-state index contributed by atoms with van der Waals surface area (Å²) in [5.74, 6) is -1.71. The number of aliphatic hydroxyl groups is 2. The highest BCUT2D eigenvalue weighted by atomic mass is 16.5. The number of aromatic nitrogens is 2. The van der Waals surface area contributed by atoms with Gasteiger partial charge in [0.15, 0.2) is 5.60 Å². The van der Waals surface area contributed by atoms with Gasteiger partial charge in [0.05, 0.1) is 42.7 Å². The minimum absolute atomic E-state index is 0.0751. The third kappa shape index (κ3) is 5.77. The maximum Gasteiger partial charge on any atom is 0.305 e. The first kappa shape index (κ1) is 31.1. The second-order valence-corrected chi connectivity index (χ2v) is 11.4. The summed E-state index contributed by atoms with van der Waals surface area (Å²) in [6.45, 7) is 2.50. The molecular formula is C33H38N4O7. The zero-order chi connectivity index (χ0) is 31.4. The first-order valence-corrected chi connectivity index (χ1v) is 15.0. The molecule has 0 radical (unpaired) electrons. The third-order valence-corrected chi connectivity index (χ3v) is 8.72. The Morgan fingerprint density at radius 2 is 1.98 bits per heavy atom. The van der Waals surface area contributed by atoms with Crippen molar-refractivity contribution in [3.8, 4) is 5.69 Å². The average Bonchev–Trinajstić information content (AvgIpc) is 3.60. The van der Waals surface area contributed by atoms with Crippen LogP contribution in [0.3, 0.4) is 0 Å². The molecule has 0 spiro atoms. The fourth-order valence-corrected chi connectivity index (χ4v) is 6.19. The molecule has 3 aromatic rings. The van der Waals surface area contributed by atoms with Crippen LogP contribution in [0.2, 0.25) is 0 Å². The van der Waals surface area contributed by atoms with Crippen LogP contribution in [0.25, 0.3) is 16.5 Å². The maximum absolute atomic E-state index is 14.0. The smallest absolute Gasteiger partial charge is 0.305 e. The van der Waals surface area contributed by atoms with Crippen molar-refractivity contribution in [3.05, 3.63) is 76.7 Å². The summed E-state index contributed by atoms with van der Waals surface area (Å²) in [7, 11) is 1.33. The number of anilines is 1. The summed E-state index contributed by atoms with van der Waals surface area (Å²) in [6.07, 6.45) is 7.82. The fourth-order valence-electron chi connectivity index (χ4n) is 6.19. The van der Waals surface area contributed by atoms with Crippen LogP contribution in [0.4, 0.5) is 5.69 Å². The number of carbonyl (C=O) groups excluding carboxylic acids is 3. The molecule has 232 valence electrons. The Hall–Kier alpha value is -4.35. The quantitative estimate of drug-likeness (QED) is 0.194. The molecule has 2 aliphatic heterocycles. The van der Waals surface area contributed by atoms with Gasteiger partial charge in [-0.25, -0.2) is 0 Å². The van der Waals surface area contributed by atoms with Crippen LogP contribution in [0, 0.1) is 5.92 Å². The van der Waals surface area contributed by atoms with E-state index in [1.165, 1.54) is 16.7 Å². The number of hydrogen-bond donors (Lipinski definition) is 2. The number of likely N-dealkylation sites (tertiary alicyclic amines) is 1. The van der Waals surface area contributed by atoms with Gasteiger partial charge in [0, 0.05) is 42.8 Å². The number of rotatable bonds is 11. The minimum atomic E-state index is -1.98. The van der Waals surface area contributed by atoms with Gasteiger partial charge < -0.3 is 24.7 Å². The van der Waals surface area contributed by atoms with Crippen LogP contribution in [0.15, 0.2) is 65.6 Å². The van der Waals surface area contributed by atoms with E-state index < -0.39 is 17.4 Å². The zero-order valence-corrected chi connectivity index (χ0v) is 25.0. The SMILES string of the molecule is COC(=O)CCCCN1C(=O)[C@](O)([C@H](C)/C=C/CC(=O)N2CCC[C@H]2CO)c2cc(-n3ncc4ccccc4c3=O)ccc21. The zero-order valence-electron chi connectivity index (χ0n) is 25.0. The number of aliphatic hydroxyl groups excluding tert-OH is 1. The molecule has 2 amide bonds. The fraction of sp³-hybridized carbons (Fsp3) is 0.424. The minimum Gasteiger partial charge on any atom is -0.469 e. The van der Waals surface area contributed by atoms with Gasteiger partial charge in [-0.15, -0.1) is 0 Å². The number of hydrogen-bond acceptors (Lipinski definition) is 8. The third-order valence-electron chi connectivity index (χ3n) is 8.72. The lowest BCUT2D eigenvalue weighted by molar-refractivity contribution is -0.140. The van der Waals surface area contributed by atoms with Gasteiger partial charge in [-0.1, -0.05) is 37.3 Å². The molecule has 1 fully saturated rings. The van der Waals surface area contributed by atoms with Gasteiger partial charge >= 0.3 is 5.97 Å². The monoisotopic (exact) mass is 602 g/mol. The largest absolute Gasteiger partial charge is 0.469 e. The summed E-state index contributed by atoms with van der Waals surface area (Å²) < 4.78 is 5.96. The summed E-state index contributed by atoms with van der Waals surface area (Å²) in [6, 6.07) is 12.0. The van der Waals surface area contributed by atoms with Gasteiger partial charge in [0.25, 0.3) is 11.5 Å². The number of benzene rings is 2. The van der Waals surface area contributed by atoms with Crippen molar-refractivity contribution in [2.75, 3.05) is 31.7 Å². The van der Waals surface area contributed by atoms with E-state index in [-0.39, 0.29) is 49.5 Å². The van der Waals surface area contributed by atoms with E-state index in [0.717, 1.165) is 12.8 Å². The van der Waals surface area contributed by atoms with Crippen LogP contribution in [-0.4, -0.2) is 75.5 Å². The molecule has 2 aromatic carbocycles. The summed E-state index contributed by atoms with van der Waals surface area (Å²) in [5.41, 5.74) is -1.07. The first-order valence-electron chi connectivity index (χ1n) is 15.0. The number of nitrogens with zero attached hydrogens (tertiary/aromatic N) is 4. The van der Waals surface area contributed by atoms with Crippen LogP contribution < -0.4 is 10.5 Å². The molecule has 2 N–H and O–H groups in total. The molecule has 0 saturated carbocycles. The number of carbonyl (C=O) groups is 3. The van der Waals surface area contributed by atoms with Gasteiger partial charge in [0.1, 0.15) is 0 Å². The lowest BCUT2D eigenvalue weighted by atomic mass is 9.82. The molecule has 11 nitrogen and oxygen atoms in total. The number of ether oxygens (including phenoxy) is 1. The van der Waals surface area contributed by atoms with Crippen LogP contribution in [-0.2, 0) is 24.7 Å². The number of unbranched alkanes of at least 4 members (excludes halogenated alkanes) is 1. The van der Waals surface area contributed by atoms with Crippen molar-refractivity contribution < 1.29 is 29.3 Å². The molecule has 2 aliphatic rings. The molecule has 1 saturated heterocycles. The van der Waals surface area contributed by atoms with E-state index in [0.29, 0.717) is 47.1 Å². The topological polar surface area (TPSA) is 142 Å². The van der Waals surface area contributed by atoms with Crippen LogP contribution in [0.1, 0.15) is 51.0 Å². The Balaban J connectivity index is 1.46. The van der Waals surface area contributed by atoms with Gasteiger partial charge in [-0.2, -0.15) is 9.78 Å². The molecule has 5 rings (SSSR count). The van der Waals surface area contributed by atoms with Crippen molar-refractivity contribution >= 4 is 34.2 Å². The molecule has 44 heavy (non-hydrogen) atoms. The van der Waals surface area contributed by atoms with Gasteiger partial charge in [-0.05, 0) is 49.9 Å². The Bertz CT molecular complexity index is 1650. The number of amides is 2. The highest BCUT2D eigenvalue weighted by Crippen LogP contribution is 2.46. The van der Waals surface area contributed by atoms with E-state index in [2.05, 4.69) is 5.10 Å². The Morgan fingerprint density at radius 1 is 1.18 bits per heavy atom. The molecule has 0 bridgehead atoms. The van der Waals surface area contributed by atoms with Crippen molar-refractivity contribution in [2.24, 2.45) is 5.92 Å². The molecule has 0 aliphatic carbocycles. The van der Waals surface area contributed by atoms with E-state index in [1.807, 2.05) is 6.07 Å². The van der Waals surface area contributed by atoms with E-state index in [9.17, 15) is 29.4 Å². The molecule has 11 heteroatoms. The molecular weight excluding hydrogens is 564 g/mol. The predicted octanol–water partition coefficient (Wildman–Crippen LogP) is 2.83. The Kier molecular flexibility index (Phi) is 9.26. The van der Waals surface area contributed by atoms with Crippen molar-refractivity contribution in [3.63, 3.8) is 0 Å². The molecule has 0 unspecified atom stereocenters.